The summed E-state index contributed by atoms with van der Waals surface area (Å²) in [7, 11) is -3.17. The lowest BCUT2D eigenvalue weighted by Gasteiger charge is -2.37. The molecular formula is C13H18N2O2S. The summed E-state index contributed by atoms with van der Waals surface area (Å²) < 4.78 is 25.1. The number of hydrogen-bond acceptors (Lipinski definition) is 3. The fraction of sp³-hybridized carbons (Fsp3) is 0.538. The lowest BCUT2D eigenvalue weighted by atomic mass is 10.2. The molecule has 1 aromatic rings. The Balaban J connectivity index is 1.96. The summed E-state index contributed by atoms with van der Waals surface area (Å²) in [4.78, 5) is 2.33. The van der Waals surface area contributed by atoms with Crippen molar-refractivity contribution in [1.82, 2.24) is 0 Å². The zero-order chi connectivity index (χ0) is 12.8. The van der Waals surface area contributed by atoms with Gasteiger partial charge in [-0.15, -0.1) is 0 Å². The first-order valence-electron chi connectivity index (χ1n) is 6.37. The third-order valence-corrected chi connectivity index (χ3v) is 4.82. The van der Waals surface area contributed by atoms with E-state index in [1.165, 1.54) is 23.4 Å². The van der Waals surface area contributed by atoms with Crippen LogP contribution in [0.15, 0.2) is 24.3 Å². The van der Waals surface area contributed by atoms with Crippen LogP contribution in [0.1, 0.15) is 12.8 Å². The van der Waals surface area contributed by atoms with Crippen molar-refractivity contribution in [2.45, 2.75) is 12.8 Å². The maximum atomic E-state index is 11.8. The third-order valence-electron chi connectivity index (χ3n) is 3.64. The summed E-state index contributed by atoms with van der Waals surface area (Å²) >= 11 is 0. The van der Waals surface area contributed by atoms with Gasteiger partial charge >= 0.3 is 0 Å². The van der Waals surface area contributed by atoms with Crippen LogP contribution >= 0.6 is 0 Å². The summed E-state index contributed by atoms with van der Waals surface area (Å²) in [6.07, 6.45) is 3.91. The Morgan fingerprint density at radius 2 is 1.83 bits per heavy atom. The minimum Gasteiger partial charge on any atom is -0.368 e. The molecule has 18 heavy (non-hydrogen) atoms. The van der Waals surface area contributed by atoms with Crippen molar-refractivity contribution in [1.29, 1.82) is 0 Å². The number of nitrogens with zero attached hydrogens (tertiary/aromatic N) is 2. The Kier molecular flexibility index (Phi) is 2.73. The lowest BCUT2D eigenvalue weighted by molar-refractivity contribution is 0.593. The van der Waals surface area contributed by atoms with E-state index in [1.54, 1.807) is 0 Å². The average molecular weight is 266 g/mol. The molecule has 0 saturated heterocycles. The van der Waals surface area contributed by atoms with Crippen molar-refractivity contribution in [3.8, 4) is 0 Å². The molecule has 0 aromatic heterocycles. The lowest BCUT2D eigenvalue weighted by Crippen LogP contribution is -2.44. The van der Waals surface area contributed by atoms with Gasteiger partial charge < -0.3 is 4.90 Å². The molecule has 1 heterocycles. The molecule has 0 spiro atoms. The molecular weight excluding hydrogens is 248 g/mol. The second-order valence-electron chi connectivity index (χ2n) is 5.21. The second kappa shape index (κ2) is 4.16. The Morgan fingerprint density at radius 3 is 2.44 bits per heavy atom. The van der Waals surface area contributed by atoms with Crippen LogP contribution in [-0.4, -0.2) is 34.3 Å². The molecule has 5 heteroatoms. The first kappa shape index (κ1) is 11.8. The maximum Gasteiger partial charge on any atom is 0.232 e. The van der Waals surface area contributed by atoms with Crippen LogP contribution in [0.3, 0.4) is 0 Å². The van der Waals surface area contributed by atoms with Crippen molar-refractivity contribution in [2.75, 3.05) is 35.1 Å². The highest BCUT2D eigenvalue weighted by atomic mass is 32.2. The van der Waals surface area contributed by atoms with Crippen LogP contribution in [0.25, 0.3) is 0 Å². The van der Waals surface area contributed by atoms with Gasteiger partial charge in [0.05, 0.1) is 24.2 Å². The van der Waals surface area contributed by atoms with Gasteiger partial charge in [-0.3, -0.25) is 4.31 Å². The molecule has 1 aliphatic heterocycles. The fourth-order valence-electron chi connectivity index (χ4n) is 2.54. The Morgan fingerprint density at radius 1 is 1.17 bits per heavy atom. The van der Waals surface area contributed by atoms with E-state index in [9.17, 15) is 8.42 Å². The average Bonchev–Trinajstić information content (AvgIpc) is 3.12. The van der Waals surface area contributed by atoms with E-state index in [1.807, 2.05) is 24.3 Å². The van der Waals surface area contributed by atoms with Crippen LogP contribution in [0, 0.1) is 5.92 Å². The van der Waals surface area contributed by atoms with E-state index >= 15 is 0 Å². The van der Waals surface area contributed by atoms with E-state index in [2.05, 4.69) is 4.90 Å². The Labute approximate surface area is 108 Å². The van der Waals surface area contributed by atoms with Gasteiger partial charge in [0.25, 0.3) is 0 Å². The summed E-state index contributed by atoms with van der Waals surface area (Å²) in [5.41, 5.74) is 1.88. The number of sulfonamides is 1. The first-order valence-corrected chi connectivity index (χ1v) is 8.22. The molecule has 2 aliphatic rings. The fourth-order valence-corrected chi connectivity index (χ4v) is 3.47. The van der Waals surface area contributed by atoms with Crippen LogP contribution in [0.5, 0.6) is 0 Å². The predicted molar refractivity (Wildman–Crippen MR) is 73.6 cm³/mol. The topological polar surface area (TPSA) is 40.6 Å². The van der Waals surface area contributed by atoms with Gasteiger partial charge in [-0.1, -0.05) is 12.1 Å². The molecule has 3 rings (SSSR count). The zero-order valence-corrected chi connectivity index (χ0v) is 11.4. The monoisotopic (exact) mass is 266 g/mol. The first-order chi connectivity index (χ1) is 8.55. The largest absolute Gasteiger partial charge is 0.368 e. The van der Waals surface area contributed by atoms with Crippen LogP contribution < -0.4 is 9.21 Å². The third kappa shape index (κ3) is 2.19. The van der Waals surface area contributed by atoms with Gasteiger partial charge in [-0.05, 0) is 30.9 Å². The normalized spacial score (nSPS) is 19.8. The number of anilines is 2. The quantitative estimate of drug-likeness (QED) is 0.836. The van der Waals surface area contributed by atoms with Crippen LogP contribution in [0.2, 0.25) is 0 Å². The SMILES string of the molecule is CS(=O)(=O)N1CCN(CC2CC2)c2ccccc21. The molecule has 98 valence electrons. The Bertz CT molecular complexity index is 552. The van der Waals surface area contributed by atoms with Crippen molar-refractivity contribution < 1.29 is 8.42 Å². The maximum absolute atomic E-state index is 11.8. The van der Waals surface area contributed by atoms with E-state index in [0.717, 1.165) is 30.4 Å². The van der Waals surface area contributed by atoms with Gasteiger partial charge in [0.15, 0.2) is 0 Å². The van der Waals surface area contributed by atoms with Gasteiger partial charge in [-0.25, -0.2) is 8.42 Å². The van der Waals surface area contributed by atoms with Gasteiger partial charge in [-0.2, -0.15) is 0 Å². The smallest absolute Gasteiger partial charge is 0.232 e. The summed E-state index contributed by atoms with van der Waals surface area (Å²) in [6, 6.07) is 7.80. The van der Waals surface area contributed by atoms with E-state index in [4.69, 9.17) is 0 Å². The van der Waals surface area contributed by atoms with Crippen LogP contribution in [0.4, 0.5) is 11.4 Å². The molecule has 0 amide bonds. The highest BCUT2D eigenvalue weighted by Gasteiger charge is 2.31. The molecule has 1 aromatic carbocycles. The van der Waals surface area contributed by atoms with E-state index in [0.29, 0.717) is 6.54 Å². The van der Waals surface area contributed by atoms with Gasteiger partial charge in [0.1, 0.15) is 0 Å². The zero-order valence-electron chi connectivity index (χ0n) is 10.5. The molecule has 0 radical (unpaired) electrons. The standard InChI is InChI=1S/C13H18N2O2S/c1-18(16,17)15-9-8-14(10-11-6-7-11)12-4-2-3-5-13(12)15/h2-5,11H,6-10H2,1H3. The second-order valence-corrected chi connectivity index (χ2v) is 7.12. The van der Waals surface area contributed by atoms with Gasteiger partial charge in [0, 0.05) is 13.1 Å². The predicted octanol–water partition coefficient (Wildman–Crippen LogP) is 1.68. The summed E-state index contributed by atoms with van der Waals surface area (Å²) in [5, 5.41) is 0. The molecule has 0 N–H and O–H groups in total. The van der Waals surface area contributed by atoms with Gasteiger partial charge in [0.2, 0.25) is 10.0 Å². The minimum atomic E-state index is -3.17. The van der Waals surface area contributed by atoms with E-state index in [-0.39, 0.29) is 0 Å². The van der Waals surface area contributed by atoms with Crippen molar-refractivity contribution in [2.24, 2.45) is 5.92 Å². The molecule has 4 nitrogen and oxygen atoms in total. The van der Waals surface area contributed by atoms with Crippen LogP contribution in [-0.2, 0) is 10.0 Å². The van der Waals surface area contributed by atoms with E-state index < -0.39 is 10.0 Å². The van der Waals surface area contributed by atoms with Crippen molar-refractivity contribution >= 4 is 21.4 Å². The number of rotatable bonds is 3. The molecule has 1 saturated carbocycles. The number of fused-ring (bicyclic) bond motifs is 1. The summed E-state index contributed by atoms with van der Waals surface area (Å²) in [6.45, 7) is 2.41. The molecule has 1 fully saturated rings. The van der Waals surface area contributed by atoms with Crippen molar-refractivity contribution in [3.05, 3.63) is 24.3 Å². The number of benzene rings is 1. The summed E-state index contributed by atoms with van der Waals surface area (Å²) in [5.74, 6) is 0.808. The highest BCUT2D eigenvalue weighted by Crippen LogP contribution is 2.37. The molecule has 0 unspecified atom stereocenters. The number of hydrogen-bond donors (Lipinski definition) is 0. The molecule has 0 atom stereocenters. The number of para-hydroxylation sites is 2. The highest BCUT2D eigenvalue weighted by molar-refractivity contribution is 7.92. The molecule has 1 aliphatic carbocycles. The minimum absolute atomic E-state index is 0.558. The Hall–Kier alpha value is -1.23. The molecule has 0 bridgehead atoms. The van der Waals surface area contributed by atoms with Crippen molar-refractivity contribution in [3.63, 3.8) is 0 Å².